The van der Waals surface area contributed by atoms with Gasteiger partial charge in [0.25, 0.3) is 0 Å². The summed E-state index contributed by atoms with van der Waals surface area (Å²) in [5.74, 6) is 0. The molecule has 1 heterocycles. The van der Waals surface area contributed by atoms with E-state index in [4.69, 9.17) is 0 Å². The SMILES string of the molecule is CCCN1CCN(C(C)CCNC(C)(C)C)CC1. The van der Waals surface area contributed by atoms with Crippen molar-refractivity contribution in [2.24, 2.45) is 0 Å². The Balaban J connectivity index is 2.17. The summed E-state index contributed by atoms with van der Waals surface area (Å²) in [6.07, 6.45) is 2.54. The van der Waals surface area contributed by atoms with Gasteiger partial charge in [0.1, 0.15) is 0 Å². The lowest BCUT2D eigenvalue weighted by Crippen LogP contribution is -2.50. The molecule has 0 bridgehead atoms. The Bertz CT molecular complexity index is 214. The number of hydrogen-bond acceptors (Lipinski definition) is 3. The summed E-state index contributed by atoms with van der Waals surface area (Å²) in [5, 5.41) is 3.58. The number of nitrogens with zero attached hydrogens (tertiary/aromatic N) is 2. The molecule has 1 fully saturated rings. The Morgan fingerprint density at radius 1 is 1.11 bits per heavy atom. The fraction of sp³-hybridized carbons (Fsp3) is 1.00. The molecule has 0 aromatic carbocycles. The first-order chi connectivity index (χ1) is 8.42. The molecule has 1 atom stereocenters. The third-order valence-electron chi connectivity index (χ3n) is 3.79. The molecule has 1 rings (SSSR count). The molecule has 1 N–H and O–H groups in total. The third kappa shape index (κ3) is 6.17. The molecule has 1 saturated heterocycles. The average Bonchev–Trinajstić information content (AvgIpc) is 2.28. The van der Waals surface area contributed by atoms with E-state index in [9.17, 15) is 0 Å². The van der Waals surface area contributed by atoms with E-state index in [0.717, 1.165) is 6.54 Å². The van der Waals surface area contributed by atoms with E-state index in [1.165, 1.54) is 45.6 Å². The lowest BCUT2D eigenvalue weighted by molar-refractivity contribution is 0.0981. The van der Waals surface area contributed by atoms with E-state index < -0.39 is 0 Å². The Morgan fingerprint density at radius 2 is 1.72 bits per heavy atom. The fourth-order valence-corrected chi connectivity index (χ4v) is 2.58. The lowest BCUT2D eigenvalue weighted by atomic mass is 10.1. The van der Waals surface area contributed by atoms with Crippen molar-refractivity contribution in [1.82, 2.24) is 15.1 Å². The van der Waals surface area contributed by atoms with Crippen molar-refractivity contribution in [3.63, 3.8) is 0 Å². The number of nitrogens with one attached hydrogen (secondary N) is 1. The van der Waals surface area contributed by atoms with Crippen LogP contribution in [-0.4, -0.2) is 60.6 Å². The van der Waals surface area contributed by atoms with Gasteiger partial charge in [0.05, 0.1) is 0 Å². The fourth-order valence-electron chi connectivity index (χ4n) is 2.58. The third-order valence-corrected chi connectivity index (χ3v) is 3.79. The van der Waals surface area contributed by atoms with Crippen molar-refractivity contribution in [3.8, 4) is 0 Å². The first kappa shape index (κ1) is 15.9. The van der Waals surface area contributed by atoms with Gasteiger partial charge in [0.15, 0.2) is 0 Å². The zero-order valence-electron chi connectivity index (χ0n) is 13.1. The van der Waals surface area contributed by atoms with E-state index in [-0.39, 0.29) is 5.54 Å². The van der Waals surface area contributed by atoms with Crippen LogP contribution >= 0.6 is 0 Å². The van der Waals surface area contributed by atoms with Crippen LogP contribution in [0.3, 0.4) is 0 Å². The second kappa shape index (κ2) is 7.46. The molecule has 1 aliphatic rings. The molecule has 3 heteroatoms. The van der Waals surface area contributed by atoms with Crippen molar-refractivity contribution in [3.05, 3.63) is 0 Å². The summed E-state index contributed by atoms with van der Waals surface area (Å²) in [6.45, 7) is 18.8. The maximum Gasteiger partial charge on any atom is 0.0113 e. The molecular formula is C15H33N3. The normalized spacial score (nSPS) is 21.2. The standard InChI is InChI=1S/C15H33N3/c1-6-9-17-10-12-18(13-11-17)14(2)7-8-16-15(3,4)5/h14,16H,6-13H2,1-5H3. The van der Waals surface area contributed by atoms with Crippen LogP contribution in [0.5, 0.6) is 0 Å². The van der Waals surface area contributed by atoms with E-state index in [0.29, 0.717) is 6.04 Å². The molecule has 18 heavy (non-hydrogen) atoms. The van der Waals surface area contributed by atoms with Crippen molar-refractivity contribution in [1.29, 1.82) is 0 Å². The molecule has 108 valence electrons. The minimum Gasteiger partial charge on any atom is -0.312 e. The van der Waals surface area contributed by atoms with Gasteiger partial charge in [-0.05, 0) is 53.6 Å². The van der Waals surface area contributed by atoms with E-state index in [1.807, 2.05) is 0 Å². The zero-order valence-corrected chi connectivity index (χ0v) is 13.1. The highest BCUT2D eigenvalue weighted by Crippen LogP contribution is 2.09. The monoisotopic (exact) mass is 255 g/mol. The summed E-state index contributed by atoms with van der Waals surface area (Å²) in [7, 11) is 0. The van der Waals surface area contributed by atoms with Gasteiger partial charge in [-0.15, -0.1) is 0 Å². The molecule has 3 nitrogen and oxygen atoms in total. The lowest BCUT2D eigenvalue weighted by Gasteiger charge is -2.38. The largest absolute Gasteiger partial charge is 0.312 e. The molecule has 0 aromatic rings. The number of hydrogen-bond donors (Lipinski definition) is 1. The van der Waals surface area contributed by atoms with Gasteiger partial charge in [0.2, 0.25) is 0 Å². The highest BCUT2D eigenvalue weighted by Gasteiger charge is 2.20. The predicted octanol–water partition coefficient (Wildman–Crippen LogP) is 2.18. The van der Waals surface area contributed by atoms with Crippen LogP contribution in [-0.2, 0) is 0 Å². The predicted molar refractivity (Wildman–Crippen MR) is 80.1 cm³/mol. The molecule has 1 aliphatic heterocycles. The topological polar surface area (TPSA) is 18.5 Å². The van der Waals surface area contributed by atoms with Crippen LogP contribution in [0.25, 0.3) is 0 Å². The van der Waals surface area contributed by atoms with Gasteiger partial charge in [-0.25, -0.2) is 0 Å². The number of piperazine rings is 1. The molecule has 0 amide bonds. The van der Waals surface area contributed by atoms with E-state index >= 15 is 0 Å². The van der Waals surface area contributed by atoms with Crippen molar-refractivity contribution in [2.75, 3.05) is 39.3 Å². The first-order valence-corrected chi connectivity index (χ1v) is 7.64. The summed E-state index contributed by atoms with van der Waals surface area (Å²) in [4.78, 5) is 5.24. The van der Waals surface area contributed by atoms with Gasteiger partial charge in [0, 0.05) is 37.8 Å². The summed E-state index contributed by atoms with van der Waals surface area (Å²) < 4.78 is 0. The molecule has 0 spiro atoms. The van der Waals surface area contributed by atoms with E-state index in [2.05, 4.69) is 49.7 Å². The van der Waals surface area contributed by atoms with Gasteiger partial charge in [-0.1, -0.05) is 6.92 Å². The Hall–Kier alpha value is -0.120. The highest BCUT2D eigenvalue weighted by molar-refractivity contribution is 4.78. The van der Waals surface area contributed by atoms with Crippen LogP contribution in [0, 0.1) is 0 Å². The molecule has 0 saturated carbocycles. The van der Waals surface area contributed by atoms with Crippen LogP contribution in [0.15, 0.2) is 0 Å². The second-order valence-electron chi connectivity index (χ2n) is 6.69. The quantitative estimate of drug-likeness (QED) is 0.785. The maximum atomic E-state index is 3.58. The van der Waals surface area contributed by atoms with Crippen molar-refractivity contribution < 1.29 is 0 Å². The van der Waals surface area contributed by atoms with Gasteiger partial charge >= 0.3 is 0 Å². The Labute approximate surface area is 114 Å². The first-order valence-electron chi connectivity index (χ1n) is 7.64. The Morgan fingerprint density at radius 3 is 2.22 bits per heavy atom. The molecule has 0 aromatic heterocycles. The van der Waals surface area contributed by atoms with E-state index in [1.54, 1.807) is 0 Å². The summed E-state index contributed by atoms with van der Waals surface area (Å²) in [6, 6.07) is 0.712. The van der Waals surface area contributed by atoms with Crippen molar-refractivity contribution in [2.45, 2.75) is 59.0 Å². The van der Waals surface area contributed by atoms with Crippen molar-refractivity contribution >= 4 is 0 Å². The smallest absolute Gasteiger partial charge is 0.0113 e. The molecule has 0 radical (unpaired) electrons. The second-order valence-corrected chi connectivity index (χ2v) is 6.69. The molecule has 0 aliphatic carbocycles. The maximum absolute atomic E-state index is 3.58. The van der Waals surface area contributed by atoms with Crippen LogP contribution in [0.1, 0.15) is 47.5 Å². The van der Waals surface area contributed by atoms with Crippen LogP contribution < -0.4 is 5.32 Å². The minimum absolute atomic E-state index is 0.250. The number of rotatable bonds is 6. The minimum atomic E-state index is 0.250. The van der Waals surface area contributed by atoms with Gasteiger partial charge in [-0.2, -0.15) is 0 Å². The van der Waals surface area contributed by atoms with Gasteiger partial charge in [-0.3, -0.25) is 4.90 Å². The Kier molecular flexibility index (Phi) is 6.61. The highest BCUT2D eigenvalue weighted by atomic mass is 15.3. The zero-order chi connectivity index (χ0) is 13.6. The summed E-state index contributed by atoms with van der Waals surface area (Å²) in [5.41, 5.74) is 0.250. The average molecular weight is 255 g/mol. The van der Waals surface area contributed by atoms with Gasteiger partial charge < -0.3 is 10.2 Å². The molecular weight excluding hydrogens is 222 g/mol. The van der Waals surface area contributed by atoms with Crippen LogP contribution in [0.2, 0.25) is 0 Å². The van der Waals surface area contributed by atoms with Crippen LogP contribution in [0.4, 0.5) is 0 Å². The molecule has 1 unspecified atom stereocenters. The summed E-state index contributed by atoms with van der Waals surface area (Å²) >= 11 is 0.